The number of hydrogen-bond donors (Lipinski definition) is 1. The van der Waals surface area contributed by atoms with Crippen LogP contribution in [-0.2, 0) is 6.54 Å². The minimum Gasteiger partial charge on any atom is -0.483 e. The molecule has 0 fully saturated rings. The Morgan fingerprint density at radius 1 is 1.20 bits per heavy atom. The molecule has 20 heavy (non-hydrogen) atoms. The summed E-state index contributed by atoms with van der Waals surface area (Å²) in [5.74, 6) is 1.70. The molecule has 0 bridgehead atoms. The summed E-state index contributed by atoms with van der Waals surface area (Å²) in [4.78, 5) is 6.74. The summed E-state index contributed by atoms with van der Waals surface area (Å²) in [6.07, 6.45) is 0. The number of ether oxygens (including phenoxy) is 1. The number of benzene rings is 2. The first-order valence-corrected chi connectivity index (χ1v) is 6.57. The van der Waals surface area contributed by atoms with Gasteiger partial charge < -0.3 is 15.4 Å². The maximum Gasteiger partial charge on any atom is 0.146 e. The Morgan fingerprint density at radius 2 is 2.00 bits per heavy atom. The van der Waals surface area contributed by atoms with Gasteiger partial charge in [0.1, 0.15) is 23.9 Å². The Balaban J connectivity index is 1.81. The van der Waals surface area contributed by atoms with Crippen LogP contribution in [0.3, 0.4) is 0 Å². The van der Waals surface area contributed by atoms with Crippen LogP contribution in [0.4, 0.5) is 11.4 Å². The number of hydrogen-bond acceptors (Lipinski definition) is 4. The van der Waals surface area contributed by atoms with E-state index in [1.54, 1.807) is 0 Å². The topological polar surface area (TPSA) is 50.8 Å². The van der Waals surface area contributed by atoms with Gasteiger partial charge in [0.2, 0.25) is 0 Å². The summed E-state index contributed by atoms with van der Waals surface area (Å²) in [6.45, 7) is 1.29. The van der Waals surface area contributed by atoms with Gasteiger partial charge in [-0.25, -0.2) is 4.99 Å². The molecule has 1 aliphatic heterocycles. The van der Waals surface area contributed by atoms with Gasteiger partial charge in [-0.15, -0.1) is 0 Å². The number of fused-ring (bicyclic) bond motifs is 1. The van der Waals surface area contributed by atoms with E-state index in [-0.39, 0.29) is 0 Å². The molecule has 0 radical (unpaired) electrons. The van der Waals surface area contributed by atoms with Gasteiger partial charge in [0.05, 0.1) is 0 Å². The van der Waals surface area contributed by atoms with E-state index in [4.69, 9.17) is 10.5 Å². The van der Waals surface area contributed by atoms with E-state index in [0.717, 1.165) is 23.8 Å². The molecule has 4 nitrogen and oxygen atoms in total. The highest BCUT2D eigenvalue weighted by Gasteiger charge is 2.16. The maximum atomic E-state index is 5.79. The highest BCUT2D eigenvalue weighted by atomic mass is 16.5. The third kappa shape index (κ3) is 2.59. The van der Waals surface area contributed by atoms with E-state index >= 15 is 0 Å². The SMILES string of the molecule is CN(Cc1ccccc1)C1=Nc2cc(N)ccc2OC1. The van der Waals surface area contributed by atoms with E-state index in [1.165, 1.54) is 5.56 Å². The minimum absolute atomic E-state index is 0.486. The molecule has 2 aromatic carbocycles. The van der Waals surface area contributed by atoms with Crippen molar-refractivity contribution < 1.29 is 4.74 Å². The molecule has 0 spiro atoms. The number of nitrogen functional groups attached to an aromatic ring is 1. The molecule has 0 aromatic heterocycles. The van der Waals surface area contributed by atoms with E-state index in [2.05, 4.69) is 22.0 Å². The molecule has 102 valence electrons. The van der Waals surface area contributed by atoms with E-state index < -0.39 is 0 Å². The zero-order valence-electron chi connectivity index (χ0n) is 11.4. The molecule has 1 aliphatic rings. The highest BCUT2D eigenvalue weighted by molar-refractivity contribution is 5.89. The zero-order chi connectivity index (χ0) is 13.9. The lowest BCUT2D eigenvalue weighted by Gasteiger charge is -2.25. The average molecular weight is 267 g/mol. The van der Waals surface area contributed by atoms with Gasteiger partial charge in [-0.1, -0.05) is 30.3 Å². The van der Waals surface area contributed by atoms with Crippen LogP contribution >= 0.6 is 0 Å². The molecular formula is C16H17N3O. The lowest BCUT2D eigenvalue weighted by Crippen LogP contribution is -2.32. The van der Waals surface area contributed by atoms with Gasteiger partial charge in [-0.2, -0.15) is 0 Å². The number of aliphatic imine (C=N–C) groups is 1. The molecule has 0 atom stereocenters. The molecule has 3 rings (SSSR count). The second kappa shape index (κ2) is 5.25. The molecule has 4 heteroatoms. The molecule has 0 aliphatic carbocycles. The monoisotopic (exact) mass is 267 g/mol. The number of amidine groups is 1. The highest BCUT2D eigenvalue weighted by Crippen LogP contribution is 2.32. The van der Waals surface area contributed by atoms with Crippen LogP contribution in [0.5, 0.6) is 5.75 Å². The quantitative estimate of drug-likeness (QED) is 0.851. The van der Waals surface area contributed by atoms with Crippen molar-refractivity contribution in [1.29, 1.82) is 0 Å². The van der Waals surface area contributed by atoms with Gasteiger partial charge in [0.25, 0.3) is 0 Å². The van der Waals surface area contributed by atoms with Crippen molar-refractivity contribution in [3.8, 4) is 5.75 Å². The van der Waals surface area contributed by atoms with Crippen LogP contribution in [0.2, 0.25) is 0 Å². The van der Waals surface area contributed by atoms with Crippen molar-refractivity contribution >= 4 is 17.2 Å². The van der Waals surface area contributed by atoms with Crippen LogP contribution in [0.25, 0.3) is 0 Å². The fourth-order valence-electron chi connectivity index (χ4n) is 2.20. The van der Waals surface area contributed by atoms with Crippen LogP contribution in [0, 0.1) is 0 Å². The molecule has 2 aromatic rings. The largest absolute Gasteiger partial charge is 0.483 e. The third-order valence-corrected chi connectivity index (χ3v) is 3.29. The minimum atomic E-state index is 0.486. The summed E-state index contributed by atoms with van der Waals surface area (Å²) in [5, 5.41) is 0. The summed E-state index contributed by atoms with van der Waals surface area (Å²) < 4.78 is 5.72. The Hall–Kier alpha value is -2.49. The first kappa shape index (κ1) is 12.5. The average Bonchev–Trinajstić information content (AvgIpc) is 2.47. The van der Waals surface area contributed by atoms with E-state index in [0.29, 0.717) is 12.3 Å². The van der Waals surface area contributed by atoms with Gasteiger partial charge in [-0.05, 0) is 23.8 Å². The summed E-state index contributed by atoms with van der Waals surface area (Å²) >= 11 is 0. The maximum absolute atomic E-state index is 5.79. The Labute approximate surface area is 118 Å². The van der Waals surface area contributed by atoms with E-state index in [1.807, 2.05) is 43.4 Å². The van der Waals surface area contributed by atoms with Crippen LogP contribution < -0.4 is 10.5 Å². The number of nitrogens with zero attached hydrogens (tertiary/aromatic N) is 2. The lowest BCUT2D eigenvalue weighted by atomic mass is 10.2. The summed E-state index contributed by atoms with van der Waals surface area (Å²) in [7, 11) is 2.02. The number of anilines is 1. The molecule has 0 amide bonds. The standard InChI is InChI=1S/C16H17N3O/c1-19(10-12-5-3-2-4-6-12)16-11-20-15-8-7-13(17)9-14(15)18-16/h2-9H,10-11,17H2,1H3. The van der Waals surface area contributed by atoms with Crippen molar-refractivity contribution in [2.75, 3.05) is 19.4 Å². The van der Waals surface area contributed by atoms with Crippen LogP contribution in [0.1, 0.15) is 5.56 Å². The van der Waals surface area contributed by atoms with Crippen molar-refractivity contribution in [3.05, 3.63) is 54.1 Å². The normalized spacial score (nSPS) is 13.2. The molecule has 0 saturated carbocycles. The molecule has 2 N–H and O–H groups in total. The van der Waals surface area contributed by atoms with Crippen molar-refractivity contribution in [3.63, 3.8) is 0 Å². The molecular weight excluding hydrogens is 250 g/mol. The van der Waals surface area contributed by atoms with Crippen molar-refractivity contribution in [2.24, 2.45) is 4.99 Å². The van der Waals surface area contributed by atoms with Gasteiger partial charge in [0.15, 0.2) is 0 Å². The number of likely N-dealkylation sites (N-methyl/N-ethyl adjacent to an activating group) is 1. The fraction of sp³-hybridized carbons (Fsp3) is 0.188. The number of rotatable bonds is 2. The molecule has 1 heterocycles. The van der Waals surface area contributed by atoms with Crippen LogP contribution in [0.15, 0.2) is 53.5 Å². The second-order valence-electron chi connectivity index (χ2n) is 4.89. The predicted molar refractivity (Wildman–Crippen MR) is 81.4 cm³/mol. The zero-order valence-corrected chi connectivity index (χ0v) is 11.4. The summed E-state index contributed by atoms with van der Waals surface area (Å²) in [5.41, 5.74) is 8.53. The van der Waals surface area contributed by atoms with Gasteiger partial charge in [-0.3, -0.25) is 0 Å². The third-order valence-electron chi connectivity index (χ3n) is 3.29. The van der Waals surface area contributed by atoms with Gasteiger partial charge >= 0.3 is 0 Å². The molecule has 0 unspecified atom stereocenters. The van der Waals surface area contributed by atoms with Gasteiger partial charge in [0, 0.05) is 19.3 Å². The number of nitrogens with two attached hydrogens (primary N) is 1. The first-order valence-electron chi connectivity index (χ1n) is 6.57. The molecule has 0 saturated heterocycles. The Morgan fingerprint density at radius 3 is 2.80 bits per heavy atom. The van der Waals surface area contributed by atoms with Crippen molar-refractivity contribution in [2.45, 2.75) is 6.54 Å². The van der Waals surface area contributed by atoms with E-state index in [9.17, 15) is 0 Å². The second-order valence-corrected chi connectivity index (χ2v) is 4.89. The van der Waals surface area contributed by atoms with Crippen molar-refractivity contribution in [1.82, 2.24) is 4.90 Å². The Bertz CT molecular complexity index is 637. The Kier molecular flexibility index (Phi) is 3.29. The lowest BCUT2D eigenvalue weighted by molar-refractivity contribution is 0.343. The predicted octanol–water partition coefficient (Wildman–Crippen LogP) is 2.82. The first-order chi connectivity index (χ1) is 9.72. The smallest absolute Gasteiger partial charge is 0.146 e. The summed E-state index contributed by atoms with van der Waals surface area (Å²) in [6, 6.07) is 15.8. The van der Waals surface area contributed by atoms with Crippen LogP contribution in [-0.4, -0.2) is 24.4 Å². The fourth-order valence-corrected chi connectivity index (χ4v) is 2.20.